The Balaban J connectivity index is 2.85. The molecule has 0 aromatic rings. The standard InChI is InChI=1S/C9H12O/c1-3-8-5-4-7(2)9(8)6-10/h3,6,8H,1,4-5H2,2H3/t8-/m0/s1. The lowest BCUT2D eigenvalue weighted by Crippen LogP contribution is -1.95. The Morgan fingerprint density at radius 1 is 1.70 bits per heavy atom. The van der Waals surface area contributed by atoms with E-state index in [4.69, 9.17) is 0 Å². The van der Waals surface area contributed by atoms with Crippen molar-refractivity contribution in [2.45, 2.75) is 19.8 Å². The molecule has 0 amide bonds. The molecule has 0 unspecified atom stereocenters. The van der Waals surface area contributed by atoms with Gasteiger partial charge in [0.2, 0.25) is 0 Å². The summed E-state index contributed by atoms with van der Waals surface area (Å²) < 4.78 is 0. The first-order valence-corrected chi connectivity index (χ1v) is 3.57. The van der Waals surface area contributed by atoms with E-state index in [9.17, 15) is 4.79 Å². The highest BCUT2D eigenvalue weighted by molar-refractivity contribution is 5.76. The van der Waals surface area contributed by atoms with Crippen LogP contribution in [0.3, 0.4) is 0 Å². The van der Waals surface area contributed by atoms with Gasteiger partial charge in [-0.1, -0.05) is 11.6 Å². The summed E-state index contributed by atoms with van der Waals surface area (Å²) in [6.07, 6.45) is 4.96. The Morgan fingerprint density at radius 2 is 2.40 bits per heavy atom. The Kier molecular flexibility index (Phi) is 2.05. The summed E-state index contributed by atoms with van der Waals surface area (Å²) in [5.41, 5.74) is 2.19. The molecular weight excluding hydrogens is 124 g/mol. The van der Waals surface area contributed by atoms with E-state index < -0.39 is 0 Å². The molecule has 0 radical (unpaired) electrons. The van der Waals surface area contributed by atoms with E-state index in [1.165, 1.54) is 5.57 Å². The van der Waals surface area contributed by atoms with Crippen LogP contribution in [0.25, 0.3) is 0 Å². The topological polar surface area (TPSA) is 17.1 Å². The molecule has 0 aromatic heterocycles. The van der Waals surface area contributed by atoms with Gasteiger partial charge in [0.1, 0.15) is 6.29 Å². The lowest BCUT2D eigenvalue weighted by molar-refractivity contribution is -0.105. The van der Waals surface area contributed by atoms with Gasteiger partial charge in [0.15, 0.2) is 0 Å². The number of carbonyl (C=O) groups is 1. The van der Waals surface area contributed by atoms with Gasteiger partial charge in [-0.05, 0) is 25.3 Å². The van der Waals surface area contributed by atoms with Crippen molar-refractivity contribution in [3.05, 3.63) is 23.8 Å². The minimum atomic E-state index is 0.331. The number of hydrogen-bond donors (Lipinski definition) is 0. The largest absolute Gasteiger partial charge is 0.298 e. The van der Waals surface area contributed by atoms with E-state index in [0.717, 1.165) is 24.7 Å². The SMILES string of the molecule is C=C[C@H]1CCC(C)=C1C=O. The van der Waals surface area contributed by atoms with E-state index in [0.29, 0.717) is 5.92 Å². The van der Waals surface area contributed by atoms with Gasteiger partial charge in [0.05, 0.1) is 0 Å². The van der Waals surface area contributed by atoms with Gasteiger partial charge in [-0.25, -0.2) is 0 Å². The highest BCUT2D eigenvalue weighted by Crippen LogP contribution is 2.30. The Labute approximate surface area is 61.4 Å². The predicted octanol–water partition coefficient (Wildman–Crippen LogP) is 2.10. The lowest BCUT2D eigenvalue weighted by Gasteiger charge is -2.01. The molecule has 1 atom stereocenters. The van der Waals surface area contributed by atoms with Crippen molar-refractivity contribution in [1.29, 1.82) is 0 Å². The van der Waals surface area contributed by atoms with Crippen molar-refractivity contribution in [1.82, 2.24) is 0 Å². The molecule has 0 N–H and O–H groups in total. The van der Waals surface area contributed by atoms with Gasteiger partial charge >= 0.3 is 0 Å². The molecule has 10 heavy (non-hydrogen) atoms. The van der Waals surface area contributed by atoms with Crippen LogP contribution in [0.5, 0.6) is 0 Å². The third kappa shape index (κ3) is 1.04. The summed E-state index contributed by atoms with van der Waals surface area (Å²) in [7, 11) is 0. The van der Waals surface area contributed by atoms with Crippen LogP contribution < -0.4 is 0 Å². The maximum absolute atomic E-state index is 10.5. The first-order chi connectivity index (χ1) is 4.79. The fourth-order valence-electron chi connectivity index (χ4n) is 1.42. The van der Waals surface area contributed by atoms with Gasteiger partial charge in [0.25, 0.3) is 0 Å². The molecular formula is C9H12O. The summed E-state index contributed by atoms with van der Waals surface area (Å²) in [6.45, 7) is 5.70. The molecule has 0 aromatic carbocycles. The minimum absolute atomic E-state index is 0.331. The fourth-order valence-corrected chi connectivity index (χ4v) is 1.42. The molecule has 0 bridgehead atoms. The molecule has 0 aliphatic heterocycles. The summed E-state index contributed by atoms with van der Waals surface area (Å²) in [5.74, 6) is 0.331. The van der Waals surface area contributed by atoms with Gasteiger partial charge in [0, 0.05) is 5.92 Å². The van der Waals surface area contributed by atoms with Crippen molar-refractivity contribution in [2.24, 2.45) is 5.92 Å². The summed E-state index contributed by atoms with van der Waals surface area (Å²) in [6, 6.07) is 0. The Hall–Kier alpha value is -0.850. The van der Waals surface area contributed by atoms with E-state index in [1.54, 1.807) is 0 Å². The predicted molar refractivity (Wildman–Crippen MR) is 41.7 cm³/mol. The second-order valence-corrected chi connectivity index (χ2v) is 2.73. The highest BCUT2D eigenvalue weighted by Gasteiger charge is 2.19. The van der Waals surface area contributed by atoms with Gasteiger partial charge in [-0.3, -0.25) is 4.79 Å². The third-order valence-electron chi connectivity index (χ3n) is 2.13. The average Bonchev–Trinajstić information content (AvgIpc) is 2.30. The third-order valence-corrected chi connectivity index (χ3v) is 2.13. The first kappa shape index (κ1) is 7.26. The molecule has 1 aliphatic carbocycles. The molecule has 0 heterocycles. The van der Waals surface area contributed by atoms with Gasteiger partial charge < -0.3 is 0 Å². The minimum Gasteiger partial charge on any atom is -0.298 e. The molecule has 0 fully saturated rings. The quantitative estimate of drug-likeness (QED) is 0.419. The number of aldehydes is 1. The van der Waals surface area contributed by atoms with Crippen LogP contribution in [0.2, 0.25) is 0 Å². The highest BCUT2D eigenvalue weighted by atomic mass is 16.1. The van der Waals surface area contributed by atoms with Crippen molar-refractivity contribution in [3.63, 3.8) is 0 Å². The number of carbonyl (C=O) groups excluding carboxylic acids is 1. The normalized spacial score (nSPS) is 25.1. The van der Waals surface area contributed by atoms with Crippen molar-refractivity contribution >= 4 is 6.29 Å². The summed E-state index contributed by atoms with van der Waals surface area (Å²) in [4.78, 5) is 10.5. The fraction of sp³-hybridized carbons (Fsp3) is 0.444. The molecule has 0 saturated carbocycles. The van der Waals surface area contributed by atoms with Crippen LogP contribution >= 0.6 is 0 Å². The van der Waals surface area contributed by atoms with E-state index in [1.807, 2.05) is 13.0 Å². The molecule has 0 saturated heterocycles. The molecule has 1 rings (SSSR count). The van der Waals surface area contributed by atoms with Crippen LogP contribution in [0, 0.1) is 5.92 Å². The van der Waals surface area contributed by atoms with E-state index in [2.05, 4.69) is 6.58 Å². The molecule has 1 nitrogen and oxygen atoms in total. The van der Waals surface area contributed by atoms with Crippen molar-refractivity contribution in [2.75, 3.05) is 0 Å². The zero-order valence-corrected chi connectivity index (χ0v) is 6.26. The first-order valence-electron chi connectivity index (χ1n) is 3.57. The van der Waals surface area contributed by atoms with Crippen molar-refractivity contribution < 1.29 is 4.79 Å². The molecule has 0 spiro atoms. The zero-order chi connectivity index (χ0) is 7.56. The van der Waals surface area contributed by atoms with Gasteiger partial charge in [-0.2, -0.15) is 0 Å². The van der Waals surface area contributed by atoms with Crippen LogP contribution in [-0.2, 0) is 4.79 Å². The number of rotatable bonds is 2. The number of allylic oxidation sites excluding steroid dienone is 3. The molecule has 1 heteroatoms. The maximum atomic E-state index is 10.5. The molecule has 54 valence electrons. The summed E-state index contributed by atoms with van der Waals surface area (Å²) >= 11 is 0. The second kappa shape index (κ2) is 2.82. The van der Waals surface area contributed by atoms with Crippen LogP contribution in [0.15, 0.2) is 23.8 Å². The lowest BCUT2D eigenvalue weighted by atomic mass is 10.0. The van der Waals surface area contributed by atoms with Crippen LogP contribution in [0.4, 0.5) is 0 Å². The van der Waals surface area contributed by atoms with Gasteiger partial charge in [-0.15, -0.1) is 6.58 Å². The van der Waals surface area contributed by atoms with Crippen molar-refractivity contribution in [3.8, 4) is 0 Å². The van der Waals surface area contributed by atoms with E-state index >= 15 is 0 Å². The Morgan fingerprint density at radius 3 is 2.80 bits per heavy atom. The smallest absolute Gasteiger partial charge is 0.146 e. The maximum Gasteiger partial charge on any atom is 0.146 e. The second-order valence-electron chi connectivity index (χ2n) is 2.73. The van der Waals surface area contributed by atoms with Crippen LogP contribution in [-0.4, -0.2) is 6.29 Å². The zero-order valence-electron chi connectivity index (χ0n) is 6.26. The Bertz CT molecular complexity index is 189. The van der Waals surface area contributed by atoms with E-state index in [-0.39, 0.29) is 0 Å². The molecule has 1 aliphatic rings. The average molecular weight is 136 g/mol. The summed E-state index contributed by atoms with van der Waals surface area (Å²) in [5, 5.41) is 0. The van der Waals surface area contributed by atoms with Crippen LogP contribution in [0.1, 0.15) is 19.8 Å². The number of hydrogen-bond acceptors (Lipinski definition) is 1. The monoisotopic (exact) mass is 136 g/mol.